The first kappa shape index (κ1) is 11.5. The summed E-state index contributed by atoms with van der Waals surface area (Å²) in [4.78, 5) is 11.4. The molecule has 1 aliphatic carbocycles. The Labute approximate surface area is 86.6 Å². The van der Waals surface area contributed by atoms with Crippen LogP contribution in [0.1, 0.15) is 39.5 Å². The number of nitrogens with one attached hydrogen (secondary N) is 2. The van der Waals surface area contributed by atoms with Gasteiger partial charge in [0.2, 0.25) is 5.91 Å². The van der Waals surface area contributed by atoms with E-state index >= 15 is 0 Å². The van der Waals surface area contributed by atoms with Gasteiger partial charge in [0.1, 0.15) is 0 Å². The van der Waals surface area contributed by atoms with Crippen molar-refractivity contribution in [2.75, 3.05) is 13.1 Å². The molecule has 3 nitrogen and oxygen atoms in total. The zero-order valence-electron chi connectivity index (χ0n) is 9.31. The predicted octanol–water partition coefficient (Wildman–Crippen LogP) is 1.29. The maximum Gasteiger partial charge on any atom is 0.234 e. The average Bonchev–Trinajstić information content (AvgIpc) is 2.52. The van der Waals surface area contributed by atoms with Crippen molar-refractivity contribution in [3.05, 3.63) is 0 Å². The van der Waals surface area contributed by atoms with Crippen LogP contribution in [0.15, 0.2) is 0 Å². The molecule has 0 aromatic carbocycles. The fourth-order valence-corrected chi connectivity index (χ4v) is 2.00. The van der Waals surface area contributed by atoms with E-state index in [1.54, 1.807) is 0 Å². The van der Waals surface area contributed by atoms with Crippen molar-refractivity contribution >= 4 is 5.91 Å². The number of carbonyl (C=O) groups is 1. The van der Waals surface area contributed by atoms with Gasteiger partial charge in [-0.1, -0.05) is 20.3 Å². The molecule has 0 bridgehead atoms. The first-order chi connectivity index (χ1) is 6.74. The molecule has 0 aliphatic heterocycles. The molecule has 1 rings (SSSR count). The molecule has 2 atom stereocenters. The molecule has 1 fully saturated rings. The molecular weight excluding hydrogens is 176 g/mol. The Balaban J connectivity index is 2.13. The van der Waals surface area contributed by atoms with Crippen LogP contribution >= 0.6 is 0 Å². The second-order valence-corrected chi connectivity index (χ2v) is 4.26. The second kappa shape index (κ2) is 6.02. The van der Waals surface area contributed by atoms with Gasteiger partial charge in [-0.3, -0.25) is 4.79 Å². The lowest BCUT2D eigenvalue weighted by Crippen LogP contribution is -2.41. The highest BCUT2D eigenvalue weighted by molar-refractivity contribution is 5.78. The summed E-state index contributed by atoms with van der Waals surface area (Å²) >= 11 is 0. The van der Waals surface area contributed by atoms with Crippen molar-refractivity contribution in [3.8, 4) is 0 Å². The minimum absolute atomic E-state index is 0.150. The Morgan fingerprint density at radius 1 is 1.43 bits per heavy atom. The van der Waals surface area contributed by atoms with Crippen molar-refractivity contribution in [1.29, 1.82) is 0 Å². The number of amides is 1. The largest absolute Gasteiger partial charge is 0.352 e. The van der Waals surface area contributed by atoms with Gasteiger partial charge in [0.15, 0.2) is 0 Å². The van der Waals surface area contributed by atoms with E-state index in [1.165, 1.54) is 12.8 Å². The first-order valence-corrected chi connectivity index (χ1v) is 5.74. The number of hydrogen-bond acceptors (Lipinski definition) is 2. The van der Waals surface area contributed by atoms with E-state index in [1.807, 2.05) is 0 Å². The van der Waals surface area contributed by atoms with E-state index in [4.69, 9.17) is 0 Å². The van der Waals surface area contributed by atoms with Crippen molar-refractivity contribution in [2.24, 2.45) is 5.92 Å². The van der Waals surface area contributed by atoms with Crippen LogP contribution < -0.4 is 10.6 Å². The van der Waals surface area contributed by atoms with Gasteiger partial charge in [0.05, 0.1) is 6.54 Å². The lowest BCUT2D eigenvalue weighted by atomic mass is 10.1. The number of rotatable bonds is 5. The molecule has 0 aromatic heterocycles. The number of carbonyl (C=O) groups excluding carboxylic acids is 1. The molecule has 0 saturated heterocycles. The van der Waals surface area contributed by atoms with Gasteiger partial charge in [-0.2, -0.15) is 0 Å². The van der Waals surface area contributed by atoms with Crippen LogP contribution in [0, 0.1) is 5.92 Å². The normalized spacial score (nSPS) is 26.4. The van der Waals surface area contributed by atoms with Crippen molar-refractivity contribution < 1.29 is 4.79 Å². The van der Waals surface area contributed by atoms with E-state index < -0.39 is 0 Å². The Bertz CT molecular complexity index is 182. The SMILES string of the molecule is CCCNCC(=O)NC1CCCC1C. The van der Waals surface area contributed by atoms with E-state index in [0.717, 1.165) is 19.4 Å². The van der Waals surface area contributed by atoms with Crippen LogP contribution in [0.4, 0.5) is 0 Å². The van der Waals surface area contributed by atoms with Crippen LogP contribution in [0.2, 0.25) is 0 Å². The summed E-state index contributed by atoms with van der Waals surface area (Å²) in [5, 5.41) is 6.20. The smallest absolute Gasteiger partial charge is 0.234 e. The number of hydrogen-bond donors (Lipinski definition) is 2. The zero-order chi connectivity index (χ0) is 10.4. The molecule has 82 valence electrons. The molecule has 1 amide bonds. The van der Waals surface area contributed by atoms with Gasteiger partial charge >= 0.3 is 0 Å². The Morgan fingerprint density at radius 2 is 2.21 bits per heavy atom. The highest BCUT2D eigenvalue weighted by Crippen LogP contribution is 2.24. The Kier molecular flexibility index (Phi) is 4.94. The summed E-state index contributed by atoms with van der Waals surface area (Å²) in [7, 11) is 0. The summed E-state index contributed by atoms with van der Waals surface area (Å²) in [6.45, 7) is 5.71. The quantitative estimate of drug-likeness (QED) is 0.654. The van der Waals surface area contributed by atoms with Crippen LogP contribution in [0.3, 0.4) is 0 Å². The summed E-state index contributed by atoms with van der Waals surface area (Å²) in [6.07, 6.45) is 4.75. The average molecular weight is 198 g/mol. The first-order valence-electron chi connectivity index (χ1n) is 5.74. The van der Waals surface area contributed by atoms with Gasteiger partial charge in [0.25, 0.3) is 0 Å². The summed E-state index contributed by atoms with van der Waals surface area (Å²) in [5.74, 6) is 0.808. The van der Waals surface area contributed by atoms with Crippen molar-refractivity contribution in [1.82, 2.24) is 10.6 Å². The molecule has 0 spiro atoms. The lowest BCUT2D eigenvalue weighted by Gasteiger charge is -2.17. The van der Waals surface area contributed by atoms with Gasteiger partial charge < -0.3 is 10.6 Å². The molecule has 2 unspecified atom stereocenters. The third-order valence-electron chi connectivity index (χ3n) is 2.92. The molecule has 2 N–H and O–H groups in total. The molecule has 1 aliphatic rings. The Morgan fingerprint density at radius 3 is 2.79 bits per heavy atom. The summed E-state index contributed by atoms with van der Waals surface area (Å²) < 4.78 is 0. The van der Waals surface area contributed by atoms with Gasteiger partial charge in [-0.05, 0) is 31.7 Å². The van der Waals surface area contributed by atoms with Crippen LogP contribution in [-0.2, 0) is 4.79 Å². The summed E-state index contributed by atoms with van der Waals surface area (Å²) in [6, 6.07) is 0.422. The predicted molar refractivity (Wildman–Crippen MR) is 58.1 cm³/mol. The minimum atomic E-state index is 0.150. The van der Waals surface area contributed by atoms with Gasteiger partial charge in [0, 0.05) is 6.04 Å². The Hall–Kier alpha value is -0.570. The van der Waals surface area contributed by atoms with Crippen molar-refractivity contribution in [2.45, 2.75) is 45.6 Å². The molecule has 0 heterocycles. The lowest BCUT2D eigenvalue weighted by molar-refractivity contribution is -0.121. The summed E-state index contributed by atoms with van der Waals surface area (Å²) in [5.41, 5.74) is 0. The molecule has 14 heavy (non-hydrogen) atoms. The third kappa shape index (κ3) is 3.66. The van der Waals surface area contributed by atoms with E-state index in [0.29, 0.717) is 18.5 Å². The maximum absolute atomic E-state index is 11.4. The third-order valence-corrected chi connectivity index (χ3v) is 2.92. The highest BCUT2D eigenvalue weighted by Gasteiger charge is 2.24. The maximum atomic E-state index is 11.4. The molecule has 0 radical (unpaired) electrons. The molecule has 0 aromatic rings. The second-order valence-electron chi connectivity index (χ2n) is 4.26. The zero-order valence-corrected chi connectivity index (χ0v) is 9.31. The molecular formula is C11H22N2O. The van der Waals surface area contributed by atoms with Gasteiger partial charge in [-0.15, -0.1) is 0 Å². The van der Waals surface area contributed by atoms with Crippen LogP contribution in [0.25, 0.3) is 0 Å². The monoisotopic (exact) mass is 198 g/mol. The van der Waals surface area contributed by atoms with Crippen molar-refractivity contribution in [3.63, 3.8) is 0 Å². The minimum Gasteiger partial charge on any atom is -0.352 e. The molecule has 1 saturated carbocycles. The van der Waals surface area contributed by atoms with Crippen LogP contribution in [-0.4, -0.2) is 25.0 Å². The van der Waals surface area contributed by atoms with Crippen LogP contribution in [0.5, 0.6) is 0 Å². The fourth-order valence-electron chi connectivity index (χ4n) is 2.00. The van der Waals surface area contributed by atoms with E-state index in [2.05, 4.69) is 24.5 Å². The topological polar surface area (TPSA) is 41.1 Å². The van der Waals surface area contributed by atoms with E-state index in [9.17, 15) is 4.79 Å². The standard InChI is InChI=1S/C11H22N2O/c1-3-7-12-8-11(14)13-10-6-4-5-9(10)2/h9-10,12H,3-8H2,1-2H3,(H,13,14). The molecule has 3 heteroatoms. The van der Waals surface area contributed by atoms with Gasteiger partial charge in [-0.25, -0.2) is 0 Å². The highest BCUT2D eigenvalue weighted by atomic mass is 16.1. The van der Waals surface area contributed by atoms with E-state index in [-0.39, 0.29) is 5.91 Å². The fraction of sp³-hybridized carbons (Fsp3) is 0.909.